The highest BCUT2D eigenvalue weighted by Crippen LogP contribution is 2.38. The highest BCUT2D eigenvalue weighted by molar-refractivity contribution is 7.99. The van der Waals surface area contributed by atoms with E-state index >= 15 is 0 Å². The molecule has 1 N–H and O–H groups in total. The van der Waals surface area contributed by atoms with Crippen molar-refractivity contribution in [1.82, 2.24) is 10.2 Å². The first-order valence-electron chi connectivity index (χ1n) is 6.71. The van der Waals surface area contributed by atoms with E-state index in [0.29, 0.717) is 39.6 Å². The van der Waals surface area contributed by atoms with Gasteiger partial charge in [0.05, 0.1) is 16.5 Å². The van der Waals surface area contributed by atoms with Crippen molar-refractivity contribution in [2.45, 2.75) is 29.7 Å². The lowest BCUT2D eigenvalue weighted by molar-refractivity contribution is -0.141. The zero-order valence-electron chi connectivity index (χ0n) is 11.3. The molecule has 0 radical (unpaired) electrons. The van der Waals surface area contributed by atoms with Gasteiger partial charge in [0, 0.05) is 10.3 Å². The maximum atomic E-state index is 11.0. The lowest BCUT2D eigenvalue weighted by Gasteiger charge is -2.05. The molecule has 1 fully saturated rings. The number of carbonyl (C=O) groups is 1. The van der Waals surface area contributed by atoms with E-state index in [1.807, 2.05) is 0 Å². The molecule has 1 saturated carbocycles. The van der Waals surface area contributed by atoms with Gasteiger partial charge in [0.15, 0.2) is 0 Å². The topological polar surface area (TPSA) is 76.2 Å². The molecule has 1 aromatic heterocycles. The van der Waals surface area contributed by atoms with Gasteiger partial charge in [-0.1, -0.05) is 35.0 Å². The second-order valence-corrected chi connectivity index (χ2v) is 7.18. The van der Waals surface area contributed by atoms with Crippen molar-refractivity contribution in [2.24, 2.45) is 5.92 Å². The first-order chi connectivity index (χ1) is 10.5. The van der Waals surface area contributed by atoms with E-state index in [1.165, 1.54) is 11.8 Å². The maximum Gasteiger partial charge on any atom is 0.306 e. The van der Waals surface area contributed by atoms with Crippen LogP contribution in [0, 0.1) is 5.92 Å². The van der Waals surface area contributed by atoms with Gasteiger partial charge >= 0.3 is 5.97 Å². The van der Waals surface area contributed by atoms with Crippen molar-refractivity contribution in [1.29, 1.82) is 0 Å². The van der Waals surface area contributed by atoms with Crippen LogP contribution >= 0.6 is 35.0 Å². The zero-order valence-corrected chi connectivity index (χ0v) is 13.7. The van der Waals surface area contributed by atoms with Gasteiger partial charge in [-0.2, -0.15) is 0 Å². The average molecular weight is 359 g/mol. The van der Waals surface area contributed by atoms with E-state index in [1.54, 1.807) is 18.2 Å². The van der Waals surface area contributed by atoms with Gasteiger partial charge in [-0.25, -0.2) is 0 Å². The summed E-state index contributed by atoms with van der Waals surface area (Å²) in [5.41, 5.74) is 0.625. The Kier molecular flexibility index (Phi) is 4.61. The second-order valence-electron chi connectivity index (χ2n) is 5.09. The lowest BCUT2D eigenvalue weighted by Crippen LogP contribution is -2.09. The fraction of sp³-hybridized carbons (Fsp3) is 0.357. The summed E-state index contributed by atoms with van der Waals surface area (Å²) >= 11 is 13.4. The second kappa shape index (κ2) is 6.48. The molecule has 1 heterocycles. The summed E-state index contributed by atoms with van der Waals surface area (Å²) in [6.45, 7) is 0. The number of thioether (sulfide) groups is 1. The molecule has 0 bridgehead atoms. The molecule has 0 amide bonds. The number of aliphatic carboxylic acids is 1. The number of hydrogen-bond acceptors (Lipinski definition) is 5. The smallest absolute Gasteiger partial charge is 0.306 e. The molecule has 2 aromatic rings. The van der Waals surface area contributed by atoms with Crippen LogP contribution in [0.25, 0.3) is 11.5 Å². The Labute approximate surface area is 141 Å². The summed E-state index contributed by atoms with van der Waals surface area (Å²) < 4.78 is 5.61. The molecule has 0 unspecified atom stereocenters. The Morgan fingerprint density at radius 1 is 1.32 bits per heavy atom. The van der Waals surface area contributed by atoms with Crippen LogP contribution in [-0.4, -0.2) is 26.5 Å². The molecule has 22 heavy (non-hydrogen) atoms. The van der Waals surface area contributed by atoms with Crippen LogP contribution in [0.5, 0.6) is 0 Å². The van der Waals surface area contributed by atoms with Gasteiger partial charge in [-0.05, 0) is 37.5 Å². The SMILES string of the molecule is O=C(O)[C@H]1CC[C@@H](Sc2nnc(-c3ccc(Cl)cc3Cl)o2)C1. The van der Waals surface area contributed by atoms with Crippen molar-refractivity contribution in [3.63, 3.8) is 0 Å². The van der Waals surface area contributed by atoms with Gasteiger partial charge in [0.1, 0.15) is 0 Å². The molecule has 2 atom stereocenters. The summed E-state index contributed by atoms with van der Waals surface area (Å²) in [7, 11) is 0. The number of aromatic nitrogens is 2. The van der Waals surface area contributed by atoms with Gasteiger partial charge < -0.3 is 9.52 Å². The molecule has 3 rings (SSSR count). The molecule has 0 aliphatic heterocycles. The Morgan fingerprint density at radius 2 is 2.14 bits per heavy atom. The molecule has 0 spiro atoms. The van der Waals surface area contributed by atoms with Gasteiger partial charge in [-0.3, -0.25) is 4.79 Å². The quantitative estimate of drug-likeness (QED) is 0.873. The summed E-state index contributed by atoms with van der Waals surface area (Å²) in [6, 6.07) is 5.04. The van der Waals surface area contributed by atoms with E-state index in [2.05, 4.69) is 10.2 Å². The number of halogens is 2. The first kappa shape index (κ1) is 15.6. The summed E-state index contributed by atoms with van der Waals surface area (Å²) in [6.07, 6.45) is 2.15. The number of rotatable bonds is 4. The fourth-order valence-electron chi connectivity index (χ4n) is 2.44. The van der Waals surface area contributed by atoms with E-state index in [9.17, 15) is 4.79 Å². The number of nitrogens with zero attached hydrogens (tertiary/aromatic N) is 2. The summed E-state index contributed by atoms with van der Waals surface area (Å²) in [5, 5.41) is 18.6. The molecule has 1 aliphatic carbocycles. The van der Waals surface area contributed by atoms with Crippen LogP contribution < -0.4 is 0 Å². The normalized spacial score (nSPS) is 21.2. The molecule has 1 aromatic carbocycles. The minimum absolute atomic E-state index is 0.190. The van der Waals surface area contributed by atoms with Gasteiger partial charge in [0.25, 0.3) is 5.22 Å². The minimum atomic E-state index is -0.734. The lowest BCUT2D eigenvalue weighted by atomic mass is 10.1. The largest absolute Gasteiger partial charge is 0.481 e. The summed E-state index contributed by atoms with van der Waals surface area (Å²) in [4.78, 5) is 11.0. The Bertz CT molecular complexity index is 707. The minimum Gasteiger partial charge on any atom is -0.481 e. The zero-order chi connectivity index (χ0) is 15.7. The molecule has 5 nitrogen and oxygen atoms in total. The third-order valence-electron chi connectivity index (χ3n) is 3.57. The van der Waals surface area contributed by atoms with Crippen molar-refractivity contribution in [3.05, 3.63) is 28.2 Å². The molecule has 8 heteroatoms. The Hall–Kier alpha value is -1.24. The van der Waals surface area contributed by atoms with E-state index < -0.39 is 5.97 Å². The van der Waals surface area contributed by atoms with Crippen LogP contribution in [0.4, 0.5) is 0 Å². The highest BCUT2D eigenvalue weighted by atomic mass is 35.5. The predicted molar refractivity (Wildman–Crippen MR) is 84.4 cm³/mol. The maximum absolute atomic E-state index is 11.0. The van der Waals surface area contributed by atoms with E-state index in [-0.39, 0.29) is 11.2 Å². The standard InChI is InChI=1S/C14H12Cl2N2O3S/c15-8-2-4-10(11(16)6-8)12-17-18-14(21-12)22-9-3-1-7(5-9)13(19)20/h2,4,6-7,9H,1,3,5H2,(H,19,20)/t7-,9+/m0/s1. The fourth-order valence-corrected chi connectivity index (χ4v) is 4.02. The molecule has 116 valence electrons. The highest BCUT2D eigenvalue weighted by Gasteiger charge is 2.31. The molecular weight excluding hydrogens is 347 g/mol. The van der Waals surface area contributed by atoms with Crippen molar-refractivity contribution < 1.29 is 14.3 Å². The average Bonchev–Trinajstić information content (AvgIpc) is 3.09. The molecule has 0 saturated heterocycles. The summed E-state index contributed by atoms with van der Waals surface area (Å²) in [5.74, 6) is -0.676. The number of hydrogen-bond donors (Lipinski definition) is 1. The molecule has 1 aliphatic rings. The van der Waals surface area contributed by atoms with Crippen LogP contribution in [0.2, 0.25) is 10.0 Å². The monoisotopic (exact) mass is 358 g/mol. The third-order valence-corrected chi connectivity index (χ3v) is 5.25. The van der Waals surface area contributed by atoms with Crippen LogP contribution in [-0.2, 0) is 4.79 Å². The van der Waals surface area contributed by atoms with Crippen molar-refractivity contribution in [3.8, 4) is 11.5 Å². The number of carboxylic acid groups (broad SMARTS) is 1. The van der Waals surface area contributed by atoms with Gasteiger partial charge in [0.2, 0.25) is 5.89 Å². The van der Waals surface area contributed by atoms with Crippen molar-refractivity contribution >= 4 is 40.9 Å². The van der Waals surface area contributed by atoms with E-state index in [0.717, 1.165) is 6.42 Å². The number of benzene rings is 1. The van der Waals surface area contributed by atoms with E-state index in [4.69, 9.17) is 32.7 Å². The van der Waals surface area contributed by atoms with Crippen molar-refractivity contribution in [2.75, 3.05) is 0 Å². The predicted octanol–water partition coefficient (Wildman–Crippen LogP) is 4.39. The number of carboxylic acids is 1. The first-order valence-corrected chi connectivity index (χ1v) is 8.35. The third kappa shape index (κ3) is 3.39. The van der Waals surface area contributed by atoms with Crippen LogP contribution in [0.3, 0.4) is 0 Å². The Balaban J connectivity index is 1.70. The van der Waals surface area contributed by atoms with Crippen LogP contribution in [0.15, 0.2) is 27.8 Å². The molecular formula is C14H12Cl2N2O3S. The Morgan fingerprint density at radius 3 is 2.82 bits per heavy atom. The van der Waals surface area contributed by atoms with Gasteiger partial charge in [-0.15, -0.1) is 10.2 Å². The van der Waals surface area contributed by atoms with Crippen LogP contribution in [0.1, 0.15) is 19.3 Å².